The van der Waals surface area contributed by atoms with Crippen LogP contribution < -0.4 is 5.32 Å². The van der Waals surface area contributed by atoms with Crippen LogP contribution in [0.25, 0.3) is 22.6 Å². The lowest BCUT2D eigenvalue weighted by molar-refractivity contribution is -0.133. The predicted molar refractivity (Wildman–Crippen MR) is 119 cm³/mol. The summed E-state index contributed by atoms with van der Waals surface area (Å²) in [5, 5.41) is 3.96. The summed E-state index contributed by atoms with van der Waals surface area (Å²) in [5.74, 6) is 0.0357. The minimum absolute atomic E-state index is 0.0958. The molecule has 1 saturated heterocycles. The van der Waals surface area contributed by atoms with Gasteiger partial charge in [0.25, 0.3) is 5.91 Å². The number of aromatic nitrogens is 1. The Kier molecular flexibility index (Phi) is 4.64. The molecule has 0 bridgehead atoms. The Balaban J connectivity index is 1.49. The van der Waals surface area contributed by atoms with Gasteiger partial charge in [0, 0.05) is 65.7 Å². The van der Waals surface area contributed by atoms with Crippen molar-refractivity contribution in [2.24, 2.45) is 0 Å². The van der Waals surface area contributed by atoms with E-state index in [0.717, 1.165) is 53.9 Å². The van der Waals surface area contributed by atoms with Crippen molar-refractivity contribution < 1.29 is 9.59 Å². The summed E-state index contributed by atoms with van der Waals surface area (Å²) in [7, 11) is 2.08. The van der Waals surface area contributed by atoms with Crippen molar-refractivity contribution >= 4 is 40.1 Å². The highest BCUT2D eigenvalue weighted by molar-refractivity contribution is 6.35. The Morgan fingerprint density at radius 1 is 1.03 bits per heavy atom. The molecule has 0 saturated carbocycles. The molecular weight excluding hydrogens is 376 g/mol. The molecular formula is C24H24N4O2. The average Bonchev–Trinajstić information content (AvgIpc) is 3.26. The fourth-order valence-corrected chi connectivity index (χ4v) is 4.26. The van der Waals surface area contributed by atoms with E-state index in [1.54, 1.807) is 0 Å². The van der Waals surface area contributed by atoms with E-state index in [1.807, 2.05) is 70.3 Å². The first-order valence-corrected chi connectivity index (χ1v) is 10.3. The van der Waals surface area contributed by atoms with Crippen molar-refractivity contribution in [3.63, 3.8) is 0 Å². The van der Waals surface area contributed by atoms with Crippen molar-refractivity contribution in [2.45, 2.75) is 6.54 Å². The normalized spacial score (nSPS) is 18.1. The fourth-order valence-electron chi connectivity index (χ4n) is 4.26. The molecule has 2 aromatic carbocycles. The molecule has 6 nitrogen and oxygen atoms in total. The Hall–Kier alpha value is -3.38. The molecule has 0 aliphatic carbocycles. The minimum Gasteiger partial charge on any atom is -0.339 e. The Morgan fingerprint density at radius 3 is 2.60 bits per heavy atom. The lowest BCUT2D eigenvalue weighted by Crippen LogP contribution is -2.48. The van der Waals surface area contributed by atoms with Crippen molar-refractivity contribution in [1.29, 1.82) is 0 Å². The van der Waals surface area contributed by atoms with Gasteiger partial charge in [-0.25, -0.2) is 0 Å². The van der Waals surface area contributed by atoms with Crippen molar-refractivity contribution in [1.82, 2.24) is 14.4 Å². The maximum absolute atomic E-state index is 12.9. The molecule has 0 radical (unpaired) electrons. The standard InChI is InChI=1S/C24H24N4O2/c1-26-10-12-27(13-11-26)23(29)16-28-15-17(18-6-3-5-9-22(18)28)14-20-19-7-2-4-8-21(19)25-24(20)30/h2-9,14-15H,10-13,16H2,1H3,(H,25,30)/b20-14+. The predicted octanol–water partition coefficient (Wildman–Crippen LogP) is 2.91. The summed E-state index contributed by atoms with van der Waals surface area (Å²) in [4.78, 5) is 29.6. The zero-order valence-electron chi connectivity index (χ0n) is 17.0. The highest BCUT2D eigenvalue weighted by Gasteiger charge is 2.24. The molecule has 5 rings (SSSR count). The fraction of sp³-hybridized carbons (Fsp3) is 0.250. The number of piperazine rings is 1. The first kappa shape index (κ1) is 18.6. The maximum Gasteiger partial charge on any atom is 0.256 e. The smallest absolute Gasteiger partial charge is 0.256 e. The Bertz CT molecular complexity index is 1170. The number of rotatable bonds is 3. The maximum atomic E-state index is 12.9. The number of amides is 2. The van der Waals surface area contributed by atoms with E-state index in [4.69, 9.17) is 0 Å². The second kappa shape index (κ2) is 7.46. The molecule has 1 aromatic heterocycles. The summed E-state index contributed by atoms with van der Waals surface area (Å²) < 4.78 is 2.00. The summed E-state index contributed by atoms with van der Waals surface area (Å²) in [5.41, 5.74) is 4.34. The van der Waals surface area contributed by atoms with Crippen LogP contribution in [0.15, 0.2) is 54.7 Å². The van der Waals surface area contributed by atoms with E-state index in [-0.39, 0.29) is 11.8 Å². The zero-order valence-corrected chi connectivity index (χ0v) is 17.0. The van der Waals surface area contributed by atoms with Gasteiger partial charge in [0.2, 0.25) is 5.91 Å². The molecule has 2 aliphatic rings. The van der Waals surface area contributed by atoms with Crippen LogP contribution in [0, 0.1) is 0 Å². The van der Waals surface area contributed by atoms with Gasteiger partial charge in [0.1, 0.15) is 6.54 Å². The van der Waals surface area contributed by atoms with Crippen LogP contribution in [0.4, 0.5) is 5.69 Å². The first-order chi connectivity index (χ1) is 14.6. The third kappa shape index (κ3) is 3.29. The quantitative estimate of drug-likeness (QED) is 0.688. The van der Waals surface area contributed by atoms with Gasteiger partial charge in [0.05, 0.1) is 0 Å². The van der Waals surface area contributed by atoms with Crippen LogP contribution in [0.5, 0.6) is 0 Å². The van der Waals surface area contributed by atoms with Crippen LogP contribution >= 0.6 is 0 Å². The van der Waals surface area contributed by atoms with Crippen LogP contribution in [-0.4, -0.2) is 59.4 Å². The number of likely N-dealkylation sites (N-methyl/N-ethyl adjacent to an activating group) is 1. The monoisotopic (exact) mass is 400 g/mol. The largest absolute Gasteiger partial charge is 0.339 e. The lowest BCUT2D eigenvalue weighted by Gasteiger charge is -2.32. The van der Waals surface area contributed by atoms with Gasteiger partial charge in [0.15, 0.2) is 0 Å². The average molecular weight is 400 g/mol. The number of fused-ring (bicyclic) bond motifs is 2. The Labute approximate surface area is 175 Å². The summed E-state index contributed by atoms with van der Waals surface area (Å²) in [6.07, 6.45) is 3.92. The van der Waals surface area contributed by atoms with Crippen molar-refractivity contribution in [2.75, 3.05) is 38.5 Å². The van der Waals surface area contributed by atoms with Gasteiger partial charge in [-0.3, -0.25) is 9.59 Å². The zero-order chi connectivity index (χ0) is 20.7. The summed E-state index contributed by atoms with van der Waals surface area (Å²) in [6, 6.07) is 15.7. The number of carbonyl (C=O) groups excluding carboxylic acids is 2. The molecule has 0 atom stereocenters. The van der Waals surface area contributed by atoms with Gasteiger partial charge < -0.3 is 19.7 Å². The van der Waals surface area contributed by atoms with E-state index < -0.39 is 0 Å². The van der Waals surface area contributed by atoms with Gasteiger partial charge in [-0.15, -0.1) is 0 Å². The van der Waals surface area contributed by atoms with Gasteiger partial charge >= 0.3 is 0 Å². The van der Waals surface area contributed by atoms with Gasteiger partial charge in [-0.1, -0.05) is 36.4 Å². The summed E-state index contributed by atoms with van der Waals surface area (Å²) >= 11 is 0. The topological polar surface area (TPSA) is 57.6 Å². The SMILES string of the molecule is CN1CCN(C(=O)Cn2cc(/C=C3/C(=O)Nc4ccccc43)c3ccccc32)CC1. The molecule has 1 fully saturated rings. The van der Waals surface area contributed by atoms with E-state index in [0.29, 0.717) is 12.1 Å². The molecule has 0 spiro atoms. The highest BCUT2D eigenvalue weighted by atomic mass is 16.2. The van der Waals surface area contributed by atoms with Gasteiger partial charge in [-0.05, 0) is 25.3 Å². The molecule has 3 aromatic rings. The van der Waals surface area contributed by atoms with Crippen molar-refractivity contribution in [3.05, 3.63) is 65.9 Å². The first-order valence-electron chi connectivity index (χ1n) is 10.3. The molecule has 3 heterocycles. The van der Waals surface area contributed by atoms with Crippen LogP contribution in [-0.2, 0) is 16.1 Å². The second-order valence-electron chi connectivity index (χ2n) is 7.97. The van der Waals surface area contributed by atoms with E-state index in [9.17, 15) is 9.59 Å². The third-order valence-corrected chi connectivity index (χ3v) is 5.99. The minimum atomic E-state index is -0.0958. The van der Waals surface area contributed by atoms with Gasteiger partial charge in [-0.2, -0.15) is 0 Å². The molecule has 30 heavy (non-hydrogen) atoms. The van der Waals surface area contributed by atoms with Crippen molar-refractivity contribution in [3.8, 4) is 0 Å². The number of nitrogens with zero attached hydrogens (tertiary/aromatic N) is 3. The van der Waals surface area contributed by atoms with Crippen LogP contribution in [0.2, 0.25) is 0 Å². The number of hydrogen-bond acceptors (Lipinski definition) is 3. The number of hydrogen-bond donors (Lipinski definition) is 1. The molecule has 152 valence electrons. The number of para-hydroxylation sites is 2. The Morgan fingerprint density at radius 2 is 1.77 bits per heavy atom. The molecule has 6 heteroatoms. The summed E-state index contributed by atoms with van der Waals surface area (Å²) in [6.45, 7) is 3.65. The molecule has 2 amide bonds. The van der Waals surface area contributed by atoms with E-state index >= 15 is 0 Å². The third-order valence-electron chi connectivity index (χ3n) is 5.99. The number of nitrogens with one attached hydrogen (secondary N) is 1. The lowest BCUT2D eigenvalue weighted by atomic mass is 10.0. The van der Waals surface area contributed by atoms with Crippen LogP contribution in [0.3, 0.4) is 0 Å². The molecule has 1 N–H and O–H groups in total. The number of benzene rings is 2. The highest BCUT2D eigenvalue weighted by Crippen LogP contribution is 2.34. The number of anilines is 1. The number of carbonyl (C=O) groups is 2. The molecule has 2 aliphatic heterocycles. The molecule has 0 unspecified atom stereocenters. The van der Waals surface area contributed by atoms with Crippen LogP contribution in [0.1, 0.15) is 11.1 Å². The van der Waals surface area contributed by atoms with E-state index in [1.165, 1.54) is 0 Å². The van der Waals surface area contributed by atoms with E-state index in [2.05, 4.69) is 17.3 Å². The second-order valence-corrected chi connectivity index (χ2v) is 7.97.